The van der Waals surface area contributed by atoms with Gasteiger partial charge in [-0.2, -0.15) is 5.10 Å². The zero-order valence-electron chi connectivity index (χ0n) is 16.5. The molecular formula is C22H24N4O3. The number of aromatic nitrogens is 2. The third-order valence-corrected chi connectivity index (χ3v) is 4.14. The summed E-state index contributed by atoms with van der Waals surface area (Å²) in [5, 5.41) is 7.39. The van der Waals surface area contributed by atoms with Gasteiger partial charge in [-0.25, -0.2) is 14.5 Å². The first-order valence-electron chi connectivity index (χ1n) is 9.59. The SMILES string of the molecule is CCCn1cc(C(=O)OCC)c(N(C(=O)Nc2ccccc2)c2ccccc2)n1. The Labute approximate surface area is 169 Å². The maximum Gasteiger partial charge on any atom is 0.343 e. The molecule has 0 radical (unpaired) electrons. The highest BCUT2D eigenvalue weighted by atomic mass is 16.5. The lowest BCUT2D eigenvalue weighted by Crippen LogP contribution is -2.32. The summed E-state index contributed by atoms with van der Waals surface area (Å²) in [5.74, 6) is -0.283. The monoisotopic (exact) mass is 392 g/mol. The Morgan fingerprint density at radius 1 is 1.03 bits per heavy atom. The molecule has 29 heavy (non-hydrogen) atoms. The number of aryl methyl sites for hydroxylation is 1. The zero-order chi connectivity index (χ0) is 20.6. The van der Waals surface area contributed by atoms with Crippen molar-refractivity contribution < 1.29 is 14.3 Å². The second-order valence-corrected chi connectivity index (χ2v) is 6.32. The number of anilines is 3. The van der Waals surface area contributed by atoms with Crippen LogP contribution in [0.15, 0.2) is 66.9 Å². The topological polar surface area (TPSA) is 76.5 Å². The molecule has 1 N–H and O–H groups in total. The van der Waals surface area contributed by atoms with E-state index in [2.05, 4.69) is 10.4 Å². The van der Waals surface area contributed by atoms with E-state index in [9.17, 15) is 9.59 Å². The number of para-hydroxylation sites is 2. The Bertz CT molecular complexity index is 955. The molecule has 7 heteroatoms. The maximum absolute atomic E-state index is 13.2. The van der Waals surface area contributed by atoms with Gasteiger partial charge in [-0.3, -0.25) is 4.68 Å². The van der Waals surface area contributed by atoms with Crippen molar-refractivity contribution in [2.75, 3.05) is 16.8 Å². The average Bonchev–Trinajstić information content (AvgIpc) is 3.14. The number of hydrogen-bond donors (Lipinski definition) is 1. The second kappa shape index (κ2) is 9.54. The molecule has 0 aliphatic carbocycles. The molecule has 2 aromatic carbocycles. The first-order valence-corrected chi connectivity index (χ1v) is 9.59. The van der Waals surface area contributed by atoms with Crippen molar-refractivity contribution in [3.8, 4) is 0 Å². The van der Waals surface area contributed by atoms with E-state index in [-0.39, 0.29) is 18.0 Å². The Kier molecular flexibility index (Phi) is 6.63. The minimum Gasteiger partial charge on any atom is -0.462 e. The third kappa shape index (κ3) is 4.82. The Balaban J connectivity index is 2.06. The number of hydrogen-bond acceptors (Lipinski definition) is 4. The Hall–Kier alpha value is -3.61. The van der Waals surface area contributed by atoms with Gasteiger partial charge in [0.1, 0.15) is 5.56 Å². The number of benzene rings is 2. The van der Waals surface area contributed by atoms with Gasteiger partial charge >= 0.3 is 12.0 Å². The van der Waals surface area contributed by atoms with Gasteiger partial charge in [0, 0.05) is 18.4 Å². The van der Waals surface area contributed by atoms with Crippen LogP contribution in [0.25, 0.3) is 0 Å². The summed E-state index contributed by atoms with van der Waals surface area (Å²) in [5.41, 5.74) is 1.48. The van der Waals surface area contributed by atoms with Gasteiger partial charge in [0.25, 0.3) is 0 Å². The van der Waals surface area contributed by atoms with Crippen LogP contribution in [0.1, 0.15) is 30.6 Å². The van der Waals surface area contributed by atoms with Crippen molar-refractivity contribution >= 4 is 29.2 Å². The number of carbonyl (C=O) groups excluding carboxylic acids is 2. The van der Waals surface area contributed by atoms with Gasteiger partial charge in [0.05, 0.1) is 12.3 Å². The molecule has 0 bridgehead atoms. The van der Waals surface area contributed by atoms with E-state index in [4.69, 9.17) is 4.74 Å². The van der Waals surface area contributed by atoms with E-state index >= 15 is 0 Å². The molecule has 3 aromatic rings. The molecule has 0 spiro atoms. The lowest BCUT2D eigenvalue weighted by molar-refractivity contribution is 0.0527. The molecule has 0 aliphatic heterocycles. The van der Waals surface area contributed by atoms with Crippen LogP contribution in [0.3, 0.4) is 0 Å². The first kappa shape index (κ1) is 20.1. The molecule has 7 nitrogen and oxygen atoms in total. The summed E-state index contributed by atoms with van der Waals surface area (Å²) in [6.45, 7) is 4.61. The van der Waals surface area contributed by atoms with Gasteiger partial charge in [0.15, 0.2) is 5.82 Å². The maximum atomic E-state index is 13.2. The largest absolute Gasteiger partial charge is 0.462 e. The highest BCUT2D eigenvalue weighted by Gasteiger charge is 2.28. The predicted molar refractivity (Wildman–Crippen MR) is 113 cm³/mol. The fourth-order valence-corrected chi connectivity index (χ4v) is 2.89. The summed E-state index contributed by atoms with van der Waals surface area (Å²) >= 11 is 0. The first-order chi connectivity index (χ1) is 14.1. The highest BCUT2D eigenvalue weighted by molar-refractivity contribution is 6.10. The van der Waals surface area contributed by atoms with E-state index in [1.807, 2.05) is 43.3 Å². The molecule has 0 fully saturated rings. The summed E-state index contributed by atoms with van der Waals surface area (Å²) in [6, 6.07) is 17.8. The summed E-state index contributed by atoms with van der Waals surface area (Å²) in [7, 11) is 0. The van der Waals surface area contributed by atoms with Crippen molar-refractivity contribution in [2.24, 2.45) is 0 Å². The lowest BCUT2D eigenvalue weighted by atomic mass is 10.2. The van der Waals surface area contributed by atoms with Crippen LogP contribution in [0.5, 0.6) is 0 Å². The van der Waals surface area contributed by atoms with Gasteiger partial charge in [0.2, 0.25) is 0 Å². The zero-order valence-corrected chi connectivity index (χ0v) is 16.5. The standard InChI is InChI=1S/C22H24N4O3/c1-3-15-25-16-19(21(27)29-4-2)20(24-25)26(18-13-9-6-10-14-18)22(28)23-17-11-7-5-8-12-17/h5-14,16H,3-4,15H2,1-2H3,(H,23,28). The van der Waals surface area contributed by atoms with Crippen molar-refractivity contribution in [3.05, 3.63) is 72.4 Å². The molecule has 0 unspecified atom stereocenters. The van der Waals surface area contributed by atoms with Gasteiger partial charge < -0.3 is 10.1 Å². The van der Waals surface area contributed by atoms with Gasteiger partial charge in [-0.1, -0.05) is 43.3 Å². The minimum absolute atomic E-state index is 0.233. The van der Waals surface area contributed by atoms with Crippen LogP contribution in [-0.2, 0) is 11.3 Å². The normalized spacial score (nSPS) is 10.4. The molecule has 0 saturated heterocycles. The number of nitrogens with one attached hydrogen (secondary N) is 1. The van der Waals surface area contributed by atoms with Crippen molar-refractivity contribution in [1.29, 1.82) is 0 Å². The smallest absolute Gasteiger partial charge is 0.343 e. The van der Waals surface area contributed by atoms with Crippen LogP contribution in [0.2, 0.25) is 0 Å². The third-order valence-electron chi connectivity index (χ3n) is 4.14. The molecule has 0 atom stereocenters. The van der Waals surface area contributed by atoms with E-state index < -0.39 is 12.0 Å². The number of ether oxygens (including phenoxy) is 1. The fraction of sp³-hybridized carbons (Fsp3) is 0.227. The van der Waals surface area contributed by atoms with E-state index in [1.165, 1.54) is 4.90 Å². The highest BCUT2D eigenvalue weighted by Crippen LogP contribution is 2.29. The lowest BCUT2D eigenvalue weighted by Gasteiger charge is -2.22. The van der Waals surface area contributed by atoms with Crippen LogP contribution < -0.4 is 10.2 Å². The minimum atomic E-state index is -0.515. The van der Waals surface area contributed by atoms with Crippen LogP contribution in [-0.4, -0.2) is 28.4 Å². The fourth-order valence-electron chi connectivity index (χ4n) is 2.89. The molecule has 0 saturated carbocycles. The molecule has 0 aliphatic rings. The summed E-state index contributed by atoms with van der Waals surface area (Å²) < 4.78 is 6.85. The van der Waals surface area contributed by atoms with Gasteiger partial charge in [-0.05, 0) is 37.6 Å². The molecule has 2 amide bonds. The molecule has 3 rings (SSSR count). The molecule has 150 valence electrons. The van der Waals surface area contributed by atoms with Crippen LogP contribution >= 0.6 is 0 Å². The van der Waals surface area contributed by atoms with E-state index in [1.54, 1.807) is 42.1 Å². The Morgan fingerprint density at radius 3 is 2.31 bits per heavy atom. The number of rotatable bonds is 7. The van der Waals surface area contributed by atoms with Crippen molar-refractivity contribution in [1.82, 2.24) is 9.78 Å². The van der Waals surface area contributed by atoms with E-state index in [0.29, 0.717) is 17.9 Å². The number of urea groups is 1. The summed E-state index contributed by atoms with van der Waals surface area (Å²) in [6.07, 6.45) is 2.47. The Morgan fingerprint density at radius 2 is 1.69 bits per heavy atom. The number of amides is 2. The van der Waals surface area contributed by atoms with Crippen molar-refractivity contribution in [3.63, 3.8) is 0 Å². The number of esters is 1. The van der Waals surface area contributed by atoms with Crippen LogP contribution in [0, 0.1) is 0 Å². The number of carbonyl (C=O) groups is 2. The summed E-state index contributed by atoms with van der Waals surface area (Å²) in [4.78, 5) is 27.2. The molecule has 1 heterocycles. The quantitative estimate of drug-likeness (QED) is 0.584. The molecular weight excluding hydrogens is 368 g/mol. The second-order valence-electron chi connectivity index (χ2n) is 6.32. The average molecular weight is 392 g/mol. The van der Waals surface area contributed by atoms with Crippen molar-refractivity contribution in [2.45, 2.75) is 26.8 Å². The number of nitrogens with zero attached hydrogens (tertiary/aromatic N) is 3. The van der Waals surface area contributed by atoms with Crippen LogP contribution in [0.4, 0.5) is 22.0 Å². The van der Waals surface area contributed by atoms with E-state index in [0.717, 1.165) is 6.42 Å². The molecule has 1 aromatic heterocycles. The predicted octanol–water partition coefficient (Wildman–Crippen LogP) is 4.84. The van der Waals surface area contributed by atoms with Gasteiger partial charge in [-0.15, -0.1) is 0 Å².